The fourth-order valence-corrected chi connectivity index (χ4v) is 4.19. The Hall–Kier alpha value is -1.69. The Morgan fingerprint density at radius 1 is 1.24 bits per heavy atom. The van der Waals surface area contributed by atoms with Gasteiger partial charge in [-0.25, -0.2) is 4.98 Å². The average molecular weight is 358 g/mol. The molecule has 0 aliphatic rings. The van der Waals surface area contributed by atoms with Crippen LogP contribution in [0.15, 0.2) is 35.7 Å². The van der Waals surface area contributed by atoms with Gasteiger partial charge < -0.3 is 9.67 Å². The Balaban J connectivity index is 1.89. The van der Waals surface area contributed by atoms with Crippen molar-refractivity contribution < 1.29 is 5.11 Å². The monoisotopic (exact) mass is 357 g/mol. The van der Waals surface area contributed by atoms with Crippen LogP contribution in [0.2, 0.25) is 0 Å². The van der Waals surface area contributed by atoms with Gasteiger partial charge >= 0.3 is 0 Å². The largest absolute Gasteiger partial charge is 0.392 e. The van der Waals surface area contributed by atoms with Gasteiger partial charge in [-0.3, -0.25) is 4.90 Å². The highest BCUT2D eigenvalue weighted by molar-refractivity contribution is 7.10. The minimum absolute atomic E-state index is 0.357. The van der Waals surface area contributed by atoms with Crippen molar-refractivity contribution in [3.8, 4) is 0 Å². The molecule has 0 saturated carbocycles. The van der Waals surface area contributed by atoms with Crippen LogP contribution in [0.3, 0.4) is 0 Å². The van der Waals surface area contributed by atoms with E-state index in [0.29, 0.717) is 6.54 Å². The first-order valence-electron chi connectivity index (χ1n) is 8.96. The summed E-state index contributed by atoms with van der Waals surface area (Å²) in [5, 5.41) is 12.1. The van der Waals surface area contributed by atoms with Crippen molar-refractivity contribution in [1.82, 2.24) is 14.5 Å². The summed E-state index contributed by atoms with van der Waals surface area (Å²) in [5.41, 5.74) is 3.57. The predicted molar refractivity (Wildman–Crippen MR) is 105 cm³/mol. The normalized spacial score (nSPS) is 13.0. The maximum atomic E-state index is 9.95. The van der Waals surface area contributed by atoms with Crippen LogP contribution < -0.4 is 0 Å². The Kier molecular flexibility index (Phi) is 5.89. The molecule has 25 heavy (non-hydrogen) atoms. The molecule has 4 nitrogen and oxygen atoms in total. The minimum atomic E-state index is -0.357. The molecule has 1 aromatic carbocycles. The minimum Gasteiger partial charge on any atom is -0.392 e. The van der Waals surface area contributed by atoms with Gasteiger partial charge in [0, 0.05) is 24.5 Å². The second-order valence-corrected chi connectivity index (χ2v) is 7.71. The highest BCUT2D eigenvalue weighted by Gasteiger charge is 2.17. The second kappa shape index (κ2) is 8.13. The molecule has 0 bridgehead atoms. The molecular formula is C20H27N3OS. The summed E-state index contributed by atoms with van der Waals surface area (Å²) in [6.45, 7) is 9.41. The van der Waals surface area contributed by atoms with Crippen LogP contribution in [0.25, 0.3) is 11.0 Å². The highest BCUT2D eigenvalue weighted by Crippen LogP contribution is 2.22. The second-order valence-electron chi connectivity index (χ2n) is 6.71. The predicted octanol–water partition coefficient (Wildman–Crippen LogP) is 4.20. The molecule has 0 saturated heterocycles. The van der Waals surface area contributed by atoms with E-state index in [1.807, 2.05) is 13.0 Å². The molecular weight excluding hydrogens is 330 g/mol. The number of thiophene rings is 1. The van der Waals surface area contributed by atoms with E-state index in [1.54, 1.807) is 11.3 Å². The molecule has 1 atom stereocenters. The number of aliphatic hydroxyl groups is 1. The molecule has 0 radical (unpaired) electrons. The molecule has 5 heteroatoms. The summed E-state index contributed by atoms with van der Waals surface area (Å²) >= 11 is 1.78. The van der Waals surface area contributed by atoms with Crippen molar-refractivity contribution in [2.45, 2.75) is 52.9 Å². The SMILES string of the molecule is CCCn1c(CN(Cc2sccc2C)CC(C)O)nc2ccccc21. The lowest BCUT2D eigenvalue weighted by Gasteiger charge is -2.23. The van der Waals surface area contributed by atoms with Crippen LogP contribution in [0.4, 0.5) is 0 Å². The number of hydrogen-bond donors (Lipinski definition) is 1. The molecule has 3 rings (SSSR count). The van der Waals surface area contributed by atoms with E-state index in [4.69, 9.17) is 4.98 Å². The van der Waals surface area contributed by atoms with Crippen LogP contribution in [0.5, 0.6) is 0 Å². The van der Waals surface area contributed by atoms with Gasteiger partial charge in [0.05, 0.1) is 23.7 Å². The zero-order chi connectivity index (χ0) is 17.8. The maximum Gasteiger partial charge on any atom is 0.124 e. The third-order valence-corrected chi connectivity index (χ3v) is 5.41. The van der Waals surface area contributed by atoms with E-state index in [-0.39, 0.29) is 6.10 Å². The summed E-state index contributed by atoms with van der Waals surface area (Å²) < 4.78 is 2.33. The third kappa shape index (κ3) is 4.29. The number of nitrogens with zero attached hydrogens (tertiary/aromatic N) is 3. The van der Waals surface area contributed by atoms with Crippen molar-refractivity contribution in [1.29, 1.82) is 0 Å². The summed E-state index contributed by atoms with van der Waals surface area (Å²) in [5.74, 6) is 1.08. The van der Waals surface area contributed by atoms with Crippen LogP contribution in [0.1, 0.15) is 36.5 Å². The first-order valence-corrected chi connectivity index (χ1v) is 9.84. The number of rotatable bonds is 8. The van der Waals surface area contributed by atoms with Gasteiger partial charge in [0.2, 0.25) is 0 Å². The molecule has 0 spiro atoms. The van der Waals surface area contributed by atoms with Gasteiger partial charge in [-0.2, -0.15) is 0 Å². The molecule has 2 aromatic heterocycles. The summed E-state index contributed by atoms with van der Waals surface area (Å²) in [4.78, 5) is 8.54. The van der Waals surface area contributed by atoms with Gasteiger partial charge in [-0.15, -0.1) is 11.3 Å². The fourth-order valence-electron chi connectivity index (χ4n) is 3.25. The van der Waals surface area contributed by atoms with Crippen molar-refractivity contribution >= 4 is 22.4 Å². The number of imidazole rings is 1. The van der Waals surface area contributed by atoms with Gasteiger partial charge in [0.15, 0.2) is 0 Å². The first kappa shape index (κ1) is 18.1. The Labute approximate surface area is 153 Å². The van der Waals surface area contributed by atoms with E-state index in [0.717, 1.165) is 37.4 Å². The molecule has 0 aliphatic carbocycles. The number of aromatic nitrogens is 2. The zero-order valence-electron chi connectivity index (χ0n) is 15.3. The van der Waals surface area contributed by atoms with Crippen molar-refractivity contribution in [3.63, 3.8) is 0 Å². The summed E-state index contributed by atoms with van der Waals surface area (Å²) in [6, 6.07) is 10.5. The molecule has 134 valence electrons. The lowest BCUT2D eigenvalue weighted by atomic mass is 10.2. The van der Waals surface area contributed by atoms with Crippen molar-refractivity contribution in [2.75, 3.05) is 6.54 Å². The van der Waals surface area contributed by atoms with Gasteiger partial charge in [-0.1, -0.05) is 19.1 Å². The summed E-state index contributed by atoms with van der Waals surface area (Å²) in [7, 11) is 0. The van der Waals surface area contributed by atoms with Crippen LogP contribution >= 0.6 is 11.3 Å². The van der Waals surface area contributed by atoms with Gasteiger partial charge in [0.25, 0.3) is 0 Å². The fraction of sp³-hybridized carbons (Fsp3) is 0.450. The van der Waals surface area contributed by atoms with E-state index in [2.05, 4.69) is 53.0 Å². The van der Waals surface area contributed by atoms with E-state index >= 15 is 0 Å². The molecule has 1 unspecified atom stereocenters. The smallest absolute Gasteiger partial charge is 0.124 e. The van der Waals surface area contributed by atoms with Crippen LogP contribution in [-0.4, -0.2) is 32.2 Å². The molecule has 0 amide bonds. The van der Waals surface area contributed by atoms with Gasteiger partial charge in [-0.05, 0) is 49.4 Å². The van der Waals surface area contributed by atoms with Crippen molar-refractivity contribution in [3.05, 3.63) is 52.0 Å². The highest BCUT2D eigenvalue weighted by atomic mass is 32.1. The quantitative estimate of drug-likeness (QED) is 0.657. The summed E-state index contributed by atoms with van der Waals surface area (Å²) in [6.07, 6.45) is 0.720. The Morgan fingerprint density at radius 3 is 2.72 bits per heavy atom. The number of fused-ring (bicyclic) bond motifs is 1. The maximum absolute atomic E-state index is 9.95. The third-order valence-electron chi connectivity index (χ3n) is 4.40. The lowest BCUT2D eigenvalue weighted by molar-refractivity contribution is 0.116. The van der Waals surface area contributed by atoms with E-state index in [9.17, 15) is 5.11 Å². The van der Waals surface area contributed by atoms with Crippen LogP contribution in [0, 0.1) is 6.92 Å². The topological polar surface area (TPSA) is 41.3 Å². The van der Waals surface area contributed by atoms with E-state index in [1.165, 1.54) is 16.0 Å². The average Bonchev–Trinajstić information content (AvgIpc) is 3.12. The lowest BCUT2D eigenvalue weighted by Crippen LogP contribution is -2.31. The number of benzene rings is 1. The molecule has 0 fully saturated rings. The molecule has 0 aliphatic heterocycles. The molecule has 3 aromatic rings. The number of hydrogen-bond acceptors (Lipinski definition) is 4. The zero-order valence-corrected chi connectivity index (χ0v) is 16.1. The van der Waals surface area contributed by atoms with Crippen molar-refractivity contribution in [2.24, 2.45) is 0 Å². The van der Waals surface area contributed by atoms with E-state index < -0.39 is 0 Å². The van der Waals surface area contributed by atoms with Crippen LogP contribution in [-0.2, 0) is 19.6 Å². The Morgan fingerprint density at radius 2 is 2.04 bits per heavy atom. The molecule has 2 heterocycles. The molecule has 1 N–H and O–H groups in total. The number of para-hydroxylation sites is 2. The standard InChI is InChI=1S/C20H27N3OS/c1-4-10-23-18-8-6-5-7-17(18)21-20(23)14-22(12-16(3)24)13-19-15(2)9-11-25-19/h5-9,11,16,24H,4,10,12-14H2,1-3H3. The van der Waals surface area contributed by atoms with Gasteiger partial charge in [0.1, 0.15) is 5.82 Å². The number of aliphatic hydroxyl groups excluding tert-OH is 1. The first-order chi connectivity index (χ1) is 12.1. The Bertz CT molecular complexity index is 821. The number of aryl methyl sites for hydroxylation is 2.